The summed E-state index contributed by atoms with van der Waals surface area (Å²) in [7, 11) is 3.50. The lowest BCUT2D eigenvalue weighted by Gasteiger charge is -2.27. The molecule has 0 bridgehead atoms. The molecule has 29 heavy (non-hydrogen) atoms. The van der Waals surface area contributed by atoms with E-state index in [0.29, 0.717) is 0 Å². The predicted octanol–water partition coefficient (Wildman–Crippen LogP) is 2.44. The molecule has 6 nitrogen and oxygen atoms in total. The maximum Gasteiger partial charge on any atom is 0.191 e. The van der Waals surface area contributed by atoms with Gasteiger partial charge in [-0.15, -0.1) is 0 Å². The summed E-state index contributed by atoms with van der Waals surface area (Å²) >= 11 is 0. The first-order valence-electron chi connectivity index (χ1n) is 10.2. The van der Waals surface area contributed by atoms with Gasteiger partial charge in [0, 0.05) is 39.8 Å². The summed E-state index contributed by atoms with van der Waals surface area (Å²) in [5.74, 6) is 1.70. The molecule has 0 amide bonds. The van der Waals surface area contributed by atoms with Crippen LogP contribution in [0.1, 0.15) is 16.7 Å². The van der Waals surface area contributed by atoms with Crippen LogP contribution < -0.4 is 15.4 Å². The molecule has 2 N–H and O–H groups in total. The van der Waals surface area contributed by atoms with E-state index in [1.807, 2.05) is 12.1 Å². The number of methoxy groups -OCH3 is 1. The number of nitrogens with zero attached hydrogens (tertiary/aromatic N) is 2. The van der Waals surface area contributed by atoms with Crippen molar-refractivity contribution in [1.82, 2.24) is 15.5 Å². The molecule has 0 unspecified atom stereocenters. The van der Waals surface area contributed by atoms with Crippen LogP contribution in [0.25, 0.3) is 0 Å². The number of morpholine rings is 1. The van der Waals surface area contributed by atoms with Crippen LogP contribution in [0.4, 0.5) is 0 Å². The predicted molar refractivity (Wildman–Crippen MR) is 117 cm³/mol. The third-order valence-corrected chi connectivity index (χ3v) is 5.13. The van der Waals surface area contributed by atoms with Gasteiger partial charge in [-0.2, -0.15) is 0 Å². The average molecular weight is 397 g/mol. The molecule has 0 spiro atoms. The quantitative estimate of drug-likeness (QED) is 0.530. The smallest absolute Gasteiger partial charge is 0.191 e. The van der Waals surface area contributed by atoms with E-state index in [4.69, 9.17) is 9.47 Å². The first-order valence-corrected chi connectivity index (χ1v) is 10.2. The SMILES string of the molecule is CN=C(NCCc1cccc(OC)c1)NCc1ccccc1CN1CCOCC1. The number of rotatable bonds is 8. The Labute approximate surface area is 173 Å². The topological polar surface area (TPSA) is 58.1 Å². The highest BCUT2D eigenvalue weighted by Gasteiger charge is 2.12. The molecule has 0 radical (unpaired) electrons. The molecule has 1 saturated heterocycles. The van der Waals surface area contributed by atoms with Crippen molar-refractivity contribution >= 4 is 5.96 Å². The van der Waals surface area contributed by atoms with Crippen molar-refractivity contribution in [2.75, 3.05) is 47.0 Å². The highest BCUT2D eigenvalue weighted by atomic mass is 16.5. The summed E-state index contributed by atoms with van der Waals surface area (Å²) < 4.78 is 10.7. The molecule has 2 aromatic rings. The van der Waals surface area contributed by atoms with Gasteiger partial charge in [-0.1, -0.05) is 36.4 Å². The van der Waals surface area contributed by atoms with Crippen molar-refractivity contribution < 1.29 is 9.47 Å². The summed E-state index contributed by atoms with van der Waals surface area (Å²) in [6.45, 7) is 6.16. The van der Waals surface area contributed by atoms with Crippen LogP contribution in [0.2, 0.25) is 0 Å². The second kappa shape index (κ2) is 11.4. The van der Waals surface area contributed by atoms with Gasteiger partial charge in [0.1, 0.15) is 5.75 Å². The van der Waals surface area contributed by atoms with Gasteiger partial charge in [-0.05, 0) is 35.2 Å². The first-order chi connectivity index (χ1) is 14.3. The van der Waals surface area contributed by atoms with Crippen molar-refractivity contribution in [2.45, 2.75) is 19.5 Å². The number of guanidine groups is 1. The van der Waals surface area contributed by atoms with E-state index in [9.17, 15) is 0 Å². The Kier molecular flexibility index (Phi) is 8.34. The van der Waals surface area contributed by atoms with Crippen molar-refractivity contribution in [3.63, 3.8) is 0 Å². The van der Waals surface area contributed by atoms with Crippen LogP contribution in [0.15, 0.2) is 53.5 Å². The highest BCUT2D eigenvalue weighted by Crippen LogP contribution is 2.14. The van der Waals surface area contributed by atoms with Crippen LogP contribution in [-0.4, -0.2) is 57.9 Å². The van der Waals surface area contributed by atoms with Gasteiger partial charge < -0.3 is 20.1 Å². The fourth-order valence-electron chi connectivity index (χ4n) is 3.44. The van der Waals surface area contributed by atoms with Gasteiger partial charge in [-0.25, -0.2) is 0 Å². The summed E-state index contributed by atoms with van der Waals surface area (Å²) in [4.78, 5) is 6.80. The van der Waals surface area contributed by atoms with Crippen LogP contribution in [-0.2, 0) is 24.2 Å². The van der Waals surface area contributed by atoms with E-state index in [-0.39, 0.29) is 0 Å². The van der Waals surface area contributed by atoms with Crippen molar-refractivity contribution in [3.05, 3.63) is 65.2 Å². The van der Waals surface area contributed by atoms with Gasteiger partial charge in [0.05, 0.1) is 20.3 Å². The van der Waals surface area contributed by atoms with Crippen molar-refractivity contribution in [1.29, 1.82) is 0 Å². The summed E-state index contributed by atoms with van der Waals surface area (Å²) in [6.07, 6.45) is 0.908. The molecule has 1 aliphatic heterocycles. The normalized spacial score (nSPS) is 15.2. The van der Waals surface area contributed by atoms with Gasteiger partial charge in [0.15, 0.2) is 5.96 Å². The largest absolute Gasteiger partial charge is 0.497 e. The third kappa shape index (κ3) is 6.76. The molecular formula is C23H32N4O2. The Hall–Kier alpha value is -2.57. The van der Waals surface area contributed by atoms with Crippen molar-refractivity contribution in [3.8, 4) is 5.75 Å². The van der Waals surface area contributed by atoms with Gasteiger partial charge in [0.2, 0.25) is 0 Å². The van der Waals surface area contributed by atoms with E-state index in [1.54, 1.807) is 14.2 Å². The van der Waals surface area contributed by atoms with Crippen LogP contribution >= 0.6 is 0 Å². The maximum atomic E-state index is 5.46. The van der Waals surface area contributed by atoms with E-state index >= 15 is 0 Å². The first kappa shape index (κ1) is 21.1. The van der Waals surface area contributed by atoms with Gasteiger partial charge in [0.25, 0.3) is 0 Å². The fourth-order valence-corrected chi connectivity index (χ4v) is 3.44. The molecule has 0 saturated carbocycles. The van der Waals surface area contributed by atoms with Crippen LogP contribution in [0.5, 0.6) is 5.75 Å². The molecule has 1 heterocycles. The summed E-state index contributed by atoms with van der Waals surface area (Å²) in [5, 5.41) is 6.84. The third-order valence-electron chi connectivity index (χ3n) is 5.13. The van der Waals surface area contributed by atoms with E-state index in [2.05, 4.69) is 56.9 Å². The van der Waals surface area contributed by atoms with Crippen molar-refractivity contribution in [2.24, 2.45) is 4.99 Å². The molecule has 0 aliphatic carbocycles. The van der Waals surface area contributed by atoms with E-state index in [0.717, 1.165) is 64.1 Å². The fraction of sp³-hybridized carbons (Fsp3) is 0.435. The number of ether oxygens (including phenoxy) is 2. The maximum absolute atomic E-state index is 5.46. The second-order valence-corrected chi connectivity index (χ2v) is 7.11. The number of benzene rings is 2. The Morgan fingerprint density at radius 2 is 1.86 bits per heavy atom. The Bertz CT molecular complexity index is 788. The minimum atomic E-state index is 0.749. The standard InChI is InChI=1S/C23H32N4O2/c1-24-23(25-11-10-19-6-5-9-22(16-19)28-2)26-17-20-7-3-4-8-21(20)18-27-12-14-29-15-13-27/h3-9,16H,10-15,17-18H2,1-2H3,(H2,24,25,26). The molecule has 2 aromatic carbocycles. The highest BCUT2D eigenvalue weighted by molar-refractivity contribution is 5.79. The van der Waals surface area contributed by atoms with Gasteiger partial charge >= 0.3 is 0 Å². The number of hydrogen-bond donors (Lipinski definition) is 2. The monoisotopic (exact) mass is 396 g/mol. The molecule has 0 atom stereocenters. The van der Waals surface area contributed by atoms with Crippen LogP contribution in [0, 0.1) is 0 Å². The Morgan fingerprint density at radius 1 is 1.07 bits per heavy atom. The minimum absolute atomic E-state index is 0.749. The molecule has 156 valence electrons. The lowest BCUT2D eigenvalue weighted by Crippen LogP contribution is -2.38. The number of aliphatic imine (C=N–C) groups is 1. The lowest BCUT2D eigenvalue weighted by atomic mass is 10.1. The second-order valence-electron chi connectivity index (χ2n) is 7.11. The summed E-state index contributed by atoms with van der Waals surface area (Å²) in [6, 6.07) is 16.8. The lowest BCUT2D eigenvalue weighted by molar-refractivity contribution is 0.0341. The molecular weight excluding hydrogens is 364 g/mol. The zero-order valence-electron chi connectivity index (χ0n) is 17.5. The average Bonchev–Trinajstić information content (AvgIpc) is 2.78. The number of nitrogens with one attached hydrogen (secondary N) is 2. The Morgan fingerprint density at radius 3 is 2.62 bits per heavy atom. The molecule has 1 aliphatic rings. The molecule has 3 rings (SSSR count). The minimum Gasteiger partial charge on any atom is -0.497 e. The molecule has 0 aromatic heterocycles. The molecule has 6 heteroatoms. The van der Waals surface area contributed by atoms with E-state index < -0.39 is 0 Å². The summed E-state index contributed by atoms with van der Waals surface area (Å²) in [5.41, 5.74) is 3.90. The van der Waals surface area contributed by atoms with Gasteiger partial charge in [-0.3, -0.25) is 9.89 Å². The zero-order valence-corrected chi connectivity index (χ0v) is 17.5. The Balaban J connectivity index is 1.49. The van der Waals surface area contributed by atoms with Crippen LogP contribution in [0.3, 0.4) is 0 Å². The van der Waals surface area contributed by atoms with E-state index in [1.165, 1.54) is 16.7 Å². The number of hydrogen-bond acceptors (Lipinski definition) is 4. The molecule has 1 fully saturated rings. The zero-order chi connectivity index (χ0) is 20.3.